The molecule has 1 amide bonds. The lowest BCUT2D eigenvalue weighted by molar-refractivity contribution is -0.130. The molecular weight excluding hydrogens is 361 g/mol. The second-order valence-corrected chi connectivity index (χ2v) is 5.85. The number of benzene rings is 1. The summed E-state index contributed by atoms with van der Waals surface area (Å²) in [7, 11) is 0. The number of nitrogens with two attached hydrogens (primary N) is 1. The fourth-order valence-electron chi connectivity index (χ4n) is 2.82. The number of anilines is 1. The second kappa shape index (κ2) is 9.73. The van der Waals surface area contributed by atoms with E-state index in [0.717, 1.165) is 16.9 Å². The van der Waals surface area contributed by atoms with Gasteiger partial charge in [-0.25, -0.2) is 0 Å². The van der Waals surface area contributed by atoms with E-state index in [-0.39, 0.29) is 30.7 Å². The van der Waals surface area contributed by atoms with Crippen molar-refractivity contribution in [3.8, 4) is 11.3 Å². The molecule has 0 unspecified atom stereocenters. The Morgan fingerprint density at radius 1 is 1.16 bits per heavy atom. The summed E-state index contributed by atoms with van der Waals surface area (Å²) in [6.45, 7) is 1.49. The van der Waals surface area contributed by atoms with Crippen molar-refractivity contribution in [2.75, 3.05) is 25.1 Å². The molecule has 2 aromatic rings. The lowest BCUT2D eigenvalue weighted by atomic mass is 9.79. The average Bonchev–Trinajstić information content (AvgIpc) is 2.63. The topological polar surface area (TPSA) is 77.2 Å². The Labute approximate surface area is 160 Å². The lowest BCUT2D eigenvalue weighted by Gasteiger charge is -2.34. The van der Waals surface area contributed by atoms with E-state index in [9.17, 15) is 4.79 Å². The molecule has 0 aliphatic carbocycles. The number of carbonyl (C=O) groups excluding carboxylic acids is 1. The number of aromatic nitrogens is 1. The molecule has 5 nitrogen and oxygen atoms in total. The van der Waals surface area contributed by atoms with E-state index in [0.29, 0.717) is 32.6 Å². The predicted octanol–water partition coefficient (Wildman–Crippen LogP) is 3.29. The third-order valence-corrected chi connectivity index (χ3v) is 4.41. The van der Waals surface area contributed by atoms with Gasteiger partial charge >= 0.3 is 0 Å². The first kappa shape index (κ1) is 21.4. The van der Waals surface area contributed by atoms with Crippen molar-refractivity contribution in [1.82, 2.24) is 4.98 Å². The quantitative estimate of drug-likeness (QED) is 0.848. The smallest absolute Gasteiger partial charge is 0.232 e. The number of nitrogens with zero attached hydrogens (tertiary/aromatic N) is 1. The van der Waals surface area contributed by atoms with Gasteiger partial charge in [-0.1, -0.05) is 30.3 Å². The van der Waals surface area contributed by atoms with Gasteiger partial charge in [-0.05, 0) is 25.0 Å². The Morgan fingerprint density at radius 3 is 2.48 bits per heavy atom. The molecule has 136 valence electrons. The Morgan fingerprint density at radius 2 is 1.84 bits per heavy atom. The molecule has 0 saturated carbocycles. The van der Waals surface area contributed by atoms with Gasteiger partial charge in [0.25, 0.3) is 0 Å². The van der Waals surface area contributed by atoms with E-state index in [1.807, 2.05) is 36.4 Å². The predicted molar refractivity (Wildman–Crippen MR) is 104 cm³/mol. The Hall–Kier alpha value is -1.66. The standard InChI is InChI=1S/C18H21N3O2.2ClH/c19-13-18(7-10-23-11-8-18)17(22)21-15-6-9-20-16(12-15)14-4-2-1-3-5-14;;/h1-6,9,12H,7-8,10-11,13,19H2,(H,20,21,22);2*1H. The Kier molecular flexibility index (Phi) is 8.32. The van der Waals surface area contributed by atoms with E-state index in [1.165, 1.54) is 0 Å². The highest BCUT2D eigenvalue weighted by molar-refractivity contribution is 5.96. The van der Waals surface area contributed by atoms with Crippen molar-refractivity contribution in [3.63, 3.8) is 0 Å². The summed E-state index contributed by atoms with van der Waals surface area (Å²) in [5.41, 5.74) is 7.94. The maximum atomic E-state index is 12.7. The minimum Gasteiger partial charge on any atom is -0.381 e. The van der Waals surface area contributed by atoms with Gasteiger partial charge in [0.2, 0.25) is 5.91 Å². The van der Waals surface area contributed by atoms with E-state index in [1.54, 1.807) is 12.3 Å². The van der Waals surface area contributed by atoms with Gasteiger partial charge in [-0.15, -0.1) is 24.8 Å². The van der Waals surface area contributed by atoms with Crippen LogP contribution in [0.2, 0.25) is 0 Å². The van der Waals surface area contributed by atoms with Gasteiger partial charge in [-0.3, -0.25) is 9.78 Å². The first-order valence-electron chi connectivity index (χ1n) is 7.84. The number of halogens is 2. The number of ether oxygens (including phenoxy) is 1. The van der Waals surface area contributed by atoms with Crippen LogP contribution in [0.25, 0.3) is 11.3 Å². The monoisotopic (exact) mass is 383 g/mol. The first-order chi connectivity index (χ1) is 11.2. The first-order valence-corrected chi connectivity index (χ1v) is 7.84. The Bertz CT molecular complexity index is 677. The van der Waals surface area contributed by atoms with E-state index < -0.39 is 5.41 Å². The fraction of sp³-hybridized carbons (Fsp3) is 0.333. The summed E-state index contributed by atoms with van der Waals surface area (Å²) in [4.78, 5) is 17.1. The van der Waals surface area contributed by atoms with E-state index >= 15 is 0 Å². The minimum absolute atomic E-state index is 0. The maximum Gasteiger partial charge on any atom is 0.232 e. The molecule has 1 aromatic carbocycles. The highest BCUT2D eigenvalue weighted by Gasteiger charge is 2.38. The van der Waals surface area contributed by atoms with Gasteiger partial charge in [0.05, 0.1) is 11.1 Å². The zero-order chi connectivity index (χ0) is 16.1. The summed E-state index contributed by atoms with van der Waals surface area (Å²) in [5.74, 6) is -0.0338. The second-order valence-electron chi connectivity index (χ2n) is 5.85. The summed E-state index contributed by atoms with van der Waals surface area (Å²) < 4.78 is 5.36. The summed E-state index contributed by atoms with van der Waals surface area (Å²) in [6, 6.07) is 13.6. The molecule has 1 aromatic heterocycles. The lowest BCUT2D eigenvalue weighted by Crippen LogP contribution is -2.46. The van der Waals surface area contributed by atoms with Gasteiger partial charge < -0.3 is 15.8 Å². The van der Waals surface area contributed by atoms with Crippen LogP contribution >= 0.6 is 24.8 Å². The minimum atomic E-state index is -0.533. The number of rotatable bonds is 4. The molecule has 1 saturated heterocycles. The highest BCUT2D eigenvalue weighted by atomic mass is 35.5. The highest BCUT2D eigenvalue weighted by Crippen LogP contribution is 2.31. The van der Waals surface area contributed by atoms with Gasteiger partial charge in [0.1, 0.15) is 0 Å². The van der Waals surface area contributed by atoms with Crippen LogP contribution in [0.15, 0.2) is 48.7 Å². The molecule has 3 N–H and O–H groups in total. The van der Waals surface area contributed by atoms with Crippen molar-refractivity contribution in [3.05, 3.63) is 48.7 Å². The van der Waals surface area contributed by atoms with Gasteiger partial charge in [0.15, 0.2) is 0 Å². The number of nitrogens with one attached hydrogen (secondary N) is 1. The van der Waals surface area contributed by atoms with E-state index in [4.69, 9.17) is 10.5 Å². The molecule has 25 heavy (non-hydrogen) atoms. The maximum absolute atomic E-state index is 12.7. The van der Waals surface area contributed by atoms with Crippen LogP contribution in [-0.2, 0) is 9.53 Å². The molecule has 1 aliphatic rings. The van der Waals surface area contributed by atoms with Crippen molar-refractivity contribution < 1.29 is 9.53 Å². The van der Waals surface area contributed by atoms with Crippen LogP contribution in [-0.4, -0.2) is 30.6 Å². The number of amides is 1. The number of pyridine rings is 1. The summed E-state index contributed by atoms with van der Waals surface area (Å²) >= 11 is 0. The zero-order valence-corrected chi connectivity index (χ0v) is 15.4. The van der Waals surface area contributed by atoms with Crippen LogP contribution in [0, 0.1) is 5.41 Å². The SMILES string of the molecule is Cl.Cl.NCC1(C(=O)Nc2ccnc(-c3ccccc3)c2)CCOCC1. The van der Waals surface area contributed by atoms with Crippen LogP contribution in [0.5, 0.6) is 0 Å². The largest absolute Gasteiger partial charge is 0.381 e. The molecular formula is C18H23Cl2N3O2. The van der Waals surface area contributed by atoms with Crippen LogP contribution in [0.1, 0.15) is 12.8 Å². The van der Waals surface area contributed by atoms with Crippen molar-refractivity contribution >= 4 is 36.4 Å². The average molecular weight is 384 g/mol. The molecule has 0 spiro atoms. The molecule has 7 heteroatoms. The molecule has 1 aliphatic heterocycles. The van der Waals surface area contributed by atoms with Crippen LogP contribution in [0.4, 0.5) is 5.69 Å². The molecule has 0 bridgehead atoms. The molecule has 1 fully saturated rings. The normalized spacial score (nSPS) is 15.4. The molecule has 3 rings (SSSR count). The van der Waals surface area contributed by atoms with Crippen LogP contribution in [0.3, 0.4) is 0 Å². The molecule has 0 atom stereocenters. The Balaban J connectivity index is 0.00000156. The summed E-state index contributed by atoms with van der Waals surface area (Å²) in [6.07, 6.45) is 3.02. The molecule has 2 heterocycles. The van der Waals surface area contributed by atoms with Gasteiger partial charge in [-0.2, -0.15) is 0 Å². The van der Waals surface area contributed by atoms with E-state index in [2.05, 4.69) is 10.3 Å². The summed E-state index contributed by atoms with van der Waals surface area (Å²) in [5, 5.41) is 3.00. The van der Waals surface area contributed by atoms with Crippen molar-refractivity contribution in [2.24, 2.45) is 11.1 Å². The van der Waals surface area contributed by atoms with Gasteiger partial charge in [0, 0.05) is 37.2 Å². The van der Waals surface area contributed by atoms with Crippen molar-refractivity contribution in [1.29, 1.82) is 0 Å². The van der Waals surface area contributed by atoms with Crippen LogP contribution < -0.4 is 11.1 Å². The number of hydrogen-bond donors (Lipinski definition) is 2. The number of carbonyl (C=O) groups is 1. The number of hydrogen-bond acceptors (Lipinski definition) is 4. The molecule has 0 radical (unpaired) electrons. The van der Waals surface area contributed by atoms with Crippen molar-refractivity contribution in [2.45, 2.75) is 12.8 Å². The fourth-order valence-corrected chi connectivity index (χ4v) is 2.82. The third kappa shape index (κ3) is 4.92. The third-order valence-electron chi connectivity index (χ3n) is 4.41. The zero-order valence-electron chi connectivity index (χ0n) is 13.8.